The number of piperidine rings is 1. The molecule has 1 aromatic carbocycles. The third-order valence-corrected chi connectivity index (χ3v) is 7.17. The number of carbonyl (C=O) groups is 1. The zero-order valence-electron chi connectivity index (χ0n) is 20.8. The number of halogens is 3. The van der Waals surface area contributed by atoms with Gasteiger partial charge < -0.3 is 19.4 Å². The van der Waals surface area contributed by atoms with Crippen LogP contribution in [0.15, 0.2) is 18.2 Å². The van der Waals surface area contributed by atoms with Crippen LogP contribution in [-0.4, -0.2) is 93.7 Å². The van der Waals surface area contributed by atoms with Gasteiger partial charge in [-0.2, -0.15) is 15.0 Å². The summed E-state index contributed by atoms with van der Waals surface area (Å²) in [6, 6.07) is 5.30. The van der Waals surface area contributed by atoms with E-state index in [4.69, 9.17) is 21.3 Å². The van der Waals surface area contributed by atoms with Crippen LogP contribution in [0.5, 0.6) is 0 Å². The van der Waals surface area contributed by atoms with Crippen molar-refractivity contribution < 1.29 is 18.3 Å². The fourth-order valence-electron chi connectivity index (χ4n) is 4.85. The molecule has 2 fully saturated rings. The number of likely N-dealkylation sites (N-methyl/N-ethyl adjacent to an activating group) is 1. The summed E-state index contributed by atoms with van der Waals surface area (Å²) in [4.78, 5) is 36.1. The van der Waals surface area contributed by atoms with E-state index in [1.807, 2.05) is 22.8 Å². The molecule has 0 radical (unpaired) electrons. The van der Waals surface area contributed by atoms with E-state index < -0.39 is 12.2 Å². The van der Waals surface area contributed by atoms with Crippen LogP contribution in [0.4, 0.5) is 20.7 Å². The molecule has 3 aromatic rings. The predicted molar refractivity (Wildman–Crippen MR) is 136 cm³/mol. The van der Waals surface area contributed by atoms with E-state index in [0.29, 0.717) is 62.3 Å². The van der Waals surface area contributed by atoms with Crippen molar-refractivity contribution >= 4 is 40.4 Å². The minimum absolute atomic E-state index is 0.0691. The summed E-state index contributed by atoms with van der Waals surface area (Å²) >= 11 is 5.78. The smallest absolute Gasteiger partial charge is 0.296 e. The Morgan fingerprint density at radius 1 is 1.11 bits per heavy atom. The summed E-state index contributed by atoms with van der Waals surface area (Å²) in [7, 11) is 1.74. The average Bonchev–Trinajstić information content (AvgIpc) is 3.34. The molecule has 2 aliphatic heterocycles. The van der Waals surface area contributed by atoms with Gasteiger partial charge in [-0.15, -0.1) is 11.6 Å². The first-order chi connectivity index (χ1) is 17.9. The molecule has 4 heterocycles. The largest absolute Gasteiger partial charge is 0.378 e. The Morgan fingerprint density at radius 2 is 1.81 bits per heavy atom. The van der Waals surface area contributed by atoms with Crippen LogP contribution in [-0.2, 0) is 9.53 Å². The minimum atomic E-state index is -2.83. The molecule has 0 unspecified atom stereocenters. The van der Waals surface area contributed by atoms with Crippen LogP contribution >= 0.6 is 11.6 Å². The zero-order chi connectivity index (χ0) is 26.1. The normalized spacial score (nSPS) is 18.6. The third-order valence-electron chi connectivity index (χ3n) is 6.94. The summed E-state index contributed by atoms with van der Waals surface area (Å²) in [6.07, 6.45) is -1.19. The summed E-state index contributed by atoms with van der Waals surface area (Å²) in [5.74, 6) is 0.192. The second-order valence-electron chi connectivity index (χ2n) is 9.26. The van der Waals surface area contributed by atoms with Gasteiger partial charge in [-0.3, -0.25) is 9.36 Å². The number of nitrogens with zero attached hydrogens (tertiary/aromatic N) is 8. The molecule has 2 aromatic heterocycles. The van der Waals surface area contributed by atoms with Gasteiger partial charge in [0.15, 0.2) is 5.82 Å². The highest BCUT2D eigenvalue weighted by Gasteiger charge is 2.30. The summed E-state index contributed by atoms with van der Waals surface area (Å²) in [6.45, 7) is 5.17. The molecule has 198 valence electrons. The van der Waals surface area contributed by atoms with Crippen molar-refractivity contribution in [2.75, 3.05) is 62.1 Å². The molecule has 0 N–H and O–H groups in total. The third kappa shape index (κ3) is 5.04. The molecule has 2 saturated heterocycles. The van der Waals surface area contributed by atoms with Gasteiger partial charge in [-0.05, 0) is 31.4 Å². The number of para-hydroxylation sites is 1. The summed E-state index contributed by atoms with van der Waals surface area (Å²) in [5, 5.41) is 0. The van der Waals surface area contributed by atoms with Gasteiger partial charge in [0, 0.05) is 39.3 Å². The number of imidazole rings is 1. The van der Waals surface area contributed by atoms with Gasteiger partial charge in [0.1, 0.15) is 5.88 Å². The molecule has 0 saturated carbocycles. The van der Waals surface area contributed by atoms with Crippen LogP contribution in [0.2, 0.25) is 0 Å². The Kier molecular flexibility index (Phi) is 7.38. The van der Waals surface area contributed by atoms with Gasteiger partial charge in [0.25, 0.3) is 6.43 Å². The summed E-state index contributed by atoms with van der Waals surface area (Å²) < 4.78 is 35.2. The lowest BCUT2D eigenvalue weighted by Gasteiger charge is -2.37. The number of benzene rings is 1. The number of hydrogen-bond acceptors (Lipinski definition) is 8. The molecule has 1 atom stereocenters. The van der Waals surface area contributed by atoms with Gasteiger partial charge in [0.05, 0.1) is 24.2 Å². The highest BCUT2D eigenvalue weighted by Crippen LogP contribution is 2.30. The number of carbonyl (C=O) groups excluding carboxylic acids is 1. The maximum absolute atomic E-state index is 14.2. The number of fused-ring (bicyclic) bond motifs is 1. The maximum Gasteiger partial charge on any atom is 0.296 e. The molecular weight excluding hydrogens is 506 g/mol. The molecule has 1 amide bonds. The quantitative estimate of drug-likeness (QED) is 0.446. The minimum Gasteiger partial charge on any atom is -0.378 e. The van der Waals surface area contributed by atoms with Crippen LogP contribution in [0.1, 0.15) is 30.7 Å². The maximum atomic E-state index is 14.2. The van der Waals surface area contributed by atoms with Crippen molar-refractivity contribution in [2.24, 2.45) is 0 Å². The van der Waals surface area contributed by atoms with E-state index in [1.165, 1.54) is 4.57 Å². The lowest BCUT2D eigenvalue weighted by Crippen LogP contribution is -2.49. The predicted octanol–water partition coefficient (Wildman–Crippen LogP) is 2.96. The van der Waals surface area contributed by atoms with Gasteiger partial charge in [0.2, 0.25) is 23.8 Å². The van der Waals surface area contributed by atoms with Crippen molar-refractivity contribution in [3.8, 4) is 5.95 Å². The monoisotopic (exact) mass is 534 g/mol. The molecule has 2 aliphatic rings. The molecule has 0 aliphatic carbocycles. The first-order valence-electron chi connectivity index (χ1n) is 12.3. The Balaban J connectivity index is 1.61. The molecule has 37 heavy (non-hydrogen) atoms. The van der Waals surface area contributed by atoms with E-state index >= 15 is 0 Å². The highest BCUT2D eigenvalue weighted by atomic mass is 35.5. The van der Waals surface area contributed by atoms with Crippen molar-refractivity contribution in [3.05, 3.63) is 29.6 Å². The number of morpholine rings is 1. The molecule has 0 spiro atoms. The second-order valence-corrected chi connectivity index (χ2v) is 9.53. The number of aryl methyl sites for hydroxylation is 1. The van der Waals surface area contributed by atoms with Crippen LogP contribution in [0, 0.1) is 6.92 Å². The number of alkyl halides is 3. The van der Waals surface area contributed by atoms with Crippen molar-refractivity contribution in [1.29, 1.82) is 0 Å². The van der Waals surface area contributed by atoms with Crippen molar-refractivity contribution in [1.82, 2.24) is 29.4 Å². The molecule has 13 heteroatoms. The molecule has 5 rings (SSSR count). The Bertz CT molecular complexity index is 1280. The topological polar surface area (TPSA) is 92.5 Å². The number of aromatic nitrogens is 5. The first-order valence-corrected chi connectivity index (χ1v) is 12.8. The van der Waals surface area contributed by atoms with Crippen molar-refractivity contribution in [2.45, 2.75) is 32.2 Å². The lowest BCUT2D eigenvalue weighted by atomic mass is 10.0. The lowest BCUT2D eigenvalue weighted by molar-refractivity contribution is -0.129. The van der Waals surface area contributed by atoms with Gasteiger partial charge >= 0.3 is 0 Å². The number of amides is 1. The Labute approximate surface area is 218 Å². The Hall–Kier alpha value is -3.12. The highest BCUT2D eigenvalue weighted by molar-refractivity contribution is 6.27. The van der Waals surface area contributed by atoms with Crippen LogP contribution in [0.25, 0.3) is 17.0 Å². The van der Waals surface area contributed by atoms with E-state index in [0.717, 1.165) is 18.4 Å². The fraction of sp³-hybridized carbons (Fsp3) is 0.542. The van der Waals surface area contributed by atoms with Crippen LogP contribution < -0.4 is 9.80 Å². The zero-order valence-corrected chi connectivity index (χ0v) is 21.5. The fourth-order valence-corrected chi connectivity index (χ4v) is 5.04. The van der Waals surface area contributed by atoms with Crippen LogP contribution in [0.3, 0.4) is 0 Å². The van der Waals surface area contributed by atoms with E-state index in [-0.39, 0.29) is 23.8 Å². The second kappa shape index (κ2) is 10.7. The number of rotatable bonds is 6. The SMILES string of the molecule is Cc1cccc2c1nc(C(F)F)n2-c1nc(N2CCOCC2)nc(N2CCC[C@H](N(C)C(=O)CCl)C2)n1. The number of hydrogen-bond donors (Lipinski definition) is 0. The first kappa shape index (κ1) is 25.5. The molecule has 0 bridgehead atoms. The molecular formula is C24H29ClF2N8O2. The Morgan fingerprint density at radius 3 is 2.51 bits per heavy atom. The molecule has 10 nitrogen and oxygen atoms in total. The van der Waals surface area contributed by atoms with E-state index in [1.54, 1.807) is 24.1 Å². The average molecular weight is 535 g/mol. The van der Waals surface area contributed by atoms with Gasteiger partial charge in [-0.25, -0.2) is 13.8 Å². The summed E-state index contributed by atoms with van der Waals surface area (Å²) in [5.41, 5.74) is 1.77. The standard InChI is InChI=1S/C24H29ClF2N8O2/c1-15-5-3-7-17-19(15)28-21(20(26)27)35(17)24-30-22(33-9-11-37-12-10-33)29-23(31-24)34-8-4-6-16(14-34)32(2)18(36)13-25/h3,5,7,16,20H,4,6,8-14H2,1-2H3/t16-/m0/s1. The van der Waals surface area contributed by atoms with Crippen molar-refractivity contribution in [3.63, 3.8) is 0 Å². The van der Waals surface area contributed by atoms with Gasteiger partial charge in [-0.1, -0.05) is 12.1 Å². The van der Waals surface area contributed by atoms with E-state index in [2.05, 4.69) is 15.0 Å². The number of ether oxygens (including phenoxy) is 1. The number of anilines is 2. The van der Waals surface area contributed by atoms with E-state index in [9.17, 15) is 13.6 Å².